The van der Waals surface area contributed by atoms with Gasteiger partial charge in [0.2, 0.25) is 0 Å². The number of nitrogen functional groups attached to an aromatic ring is 1. The molecule has 4 heterocycles. The Kier molecular flexibility index (Phi) is 7.76. The van der Waals surface area contributed by atoms with Crippen LogP contribution in [0.2, 0.25) is 0 Å². The molecule has 36 heavy (non-hydrogen) atoms. The number of hydrogen-bond acceptors (Lipinski definition) is 16. The summed E-state index contributed by atoms with van der Waals surface area (Å²) in [6, 6.07) is 0. The molecule has 0 saturated carbocycles. The molecule has 2 aliphatic heterocycles. The molecule has 0 amide bonds. The molecule has 2 fully saturated rings. The molecule has 0 aromatic carbocycles. The average molecular weight is 558 g/mol. The van der Waals surface area contributed by atoms with Crippen LogP contribution in [-0.4, -0.2) is 111 Å². The highest BCUT2D eigenvalue weighted by atomic mass is 31.3. The van der Waals surface area contributed by atoms with Gasteiger partial charge >= 0.3 is 15.6 Å². The van der Waals surface area contributed by atoms with Gasteiger partial charge < -0.3 is 45.4 Å². The summed E-state index contributed by atoms with van der Waals surface area (Å²) < 4.78 is 49.3. The number of aromatic nitrogens is 5. The summed E-state index contributed by atoms with van der Waals surface area (Å²) in [7, 11) is -10.5. The van der Waals surface area contributed by atoms with E-state index in [0.717, 1.165) is 11.0 Å². The predicted molar refractivity (Wildman–Crippen MR) is 112 cm³/mol. The third-order valence-corrected chi connectivity index (χ3v) is 8.08. The van der Waals surface area contributed by atoms with E-state index in [0.29, 0.717) is 0 Å². The lowest BCUT2D eigenvalue weighted by atomic mass is 10.1. The second-order valence-corrected chi connectivity index (χ2v) is 11.0. The highest BCUT2D eigenvalue weighted by Gasteiger charge is 2.47. The Morgan fingerprint density at radius 1 is 0.972 bits per heavy atom. The average Bonchev–Trinajstić information content (AvgIpc) is 3.42. The van der Waals surface area contributed by atoms with E-state index < -0.39 is 77.8 Å². The van der Waals surface area contributed by atoms with Crippen LogP contribution in [0.3, 0.4) is 0 Å². The Labute approximate surface area is 201 Å². The molecule has 10 unspecified atom stereocenters. The van der Waals surface area contributed by atoms with Crippen molar-refractivity contribution >= 4 is 32.6 Å². The first-order valence-electron chi connectivity index (χ1n) is 10.3. The number of ether oxygens (including phenoxy) is 2. The molecule has 2 aromatic heterocycles. The van der Waals surface area contributed by atoms with Crippen LogP contribution in [0.4, 0.5) is 5.82 Å². The number of phosphoric acid groups is 2. The van der Waals surface area contributed by atoms with Crippen molar-refractivity contribution in [2.24, 2.45) is 0 Å². The van der Waals surface area contributed by atoms with Crippen LogP contribution in [0.25, 0.3) is 11.2 Å². The van der Waals surface area contributed by atoms with E-state index in [1.54, 1.807) is 0 Å². The van der Waals surface area contributed by atoms with Gasteiger partial charge in [0.1, 0.15) is 43.0 Å². The van der Waals surface area contributed by atoms with Gasteiger partial charge in [-0.25, -0.2) is 19.1 Å². The van der Waals surface area contributed by atoms with E-state index in [2.05, 4.69) is 33.6 Å². The number of aliphatic hydroxyl groups excluding tert-OH is 4. The summed E-state index contributed by atoms with van der Waals surface area (Å²) in [5.41, 5.74) is 5.87. The van der Waals surface area contributed by atoms with E-state index in [-0.39, 0.29) is 17.0 Å². The normalized spacial score (nSPS) is 36.2. The van der Waals surface area contributed by atoms with Crippen molar-refractivity contribution in [3.05, 3.63) is 6.33 Å². The fraction of sp³-hybridized carbons (Fsp3) is 0.733. The van der Waals surface area contributed by atoms with E-state index in [1.165, 1.54) is 6.92 Å². The minimum atomic E-state index is -5.27. The van der Waals surface area contributed by atoms with Crippen molar-refractivity contribution in [2.75, 3.05) is 18.9 Å². The van der Waals surface area contributed by atoms with Gasteiger partial charge in [-0.1, -0.05) is 5.21 Å². The fourth-order valence-corrected chi connectivity index (χ4v) is 5.70. The highest BCUT2D eigenvalue weighted by Crippen LogP contribution is 2.60. The van der Waals surface area contributed by atoms with Crippen molar-refractivity contribution in [1.82, 2.24) is 25.0 Å². The van der Waals surface area contributed by atoms with Crippen LogP contribution in [0.5, 0.6) is 0 Å². The summed E-state index contributed by atoms with van der Waals surface area (Å²) in [4.78, 5) is 27.3. The zero-order valence-electron chi connectivity index (χ0n) is 18.4. The largest absolute Gasteiger partial charge is 0.481 e. The van der Waals surface area contributed by atoms with Gasteiger partial charge in [0.25, 0.3) is 0 Å². The second kappa shape index (κ2) is 10.2. The van der Waals surface area contributed by atoms with Crippen LogP contribution in [0.1, 0.15) is 13.2 Å². The van der Waals surface area contributed by atoms with E-state index >= 15 is 0 Å². The van der Waals surface area contributed by atoms with Crippen molar-refractivity contribution < 1.29 is 62.2 Å². The Hall–Kier alpha value is -1.70. The molecule has 0 radical (unpaired) electrons. The first-order valence-corrected chi connectivity index (χ1v) is 13.3. The smallest absolute Gasteiger partial charge is 0.388 e. The molecule has 19 nitrogen and oxygen atoms in total. The van der Waals surface area contributed by atoms with Gasteiger partial charge in [-0.3, -0.25) is 9.05 Å². The van der Waals surface area contributed by atoms with Crippen LogP contribution in [0, 0.1) is 0 Å². The second-order valence-electron chi connectivity index (χ2n) is 7.98. The zero-order valence-corrected chi connectivity index (χ0v) is 20.1. The van der Waals surface area contributed by atoms with Crippen LogP contribution >= 0.6 is 15.6 Å². The van der Waals surface area contributed by atoms with E-state index in [4.69, 9.17) is 15.2 Å². The minimum Gasteiger partial charge on any atom is -0.388 e. The zero-order chi connectivity index (χ0) is 26.4. The summed E-state index contributed by atoms with van der Waals surface area (Å²) in [5, 5.41) is 47.6. The number of rotatable bonds is 9. The first-order chi connectivity index (χ1) is 16.8. The van der Waals surface area contributed by atoms with Gasteiger partial charge in [-0.15, -0.1) is 5.10 Å². The third-order valence-electron chi connectivity index (χ3n) is 5.48. The maximum absolute atomic E-state index is 12.2. The van der Waals surface area contributed by atoms with Crippen molar-refractivity contribution in [3.63, 3.8) is 0 Å². The Morgan fingerprint density at radius 3 is 2.14 bits per heavy atom. The van der Waals surface area contributed by atoms with Crippen molar-refractivity contribution in [3.8, 4) is 0 Å². The quantitative estimate of drug-likeness (QED) is 0.153. The number of anilines is 1. The maximum atomic E-state index is 12.2. The van der Waals surface area contributed by atoms with Crippen molar-refractivity contribution in [1.29, 1.82) is 0 Å². The molecular formula is C15H24N6O13P2. The van der Waals surface area contributed by atoms with E-state index in [9.17, 15) is 39.3 Å². The number of hydrogen-bond donors (Lipinski definition) is 7. The Morgan fingerprint density at radius 2 is 1.56 bits per heavy atom. The third kappa shape index (κ3) is 5.58. The SMILES string of the molecule is CC1OC(COP(=O)(O)OP(=O)(O)OCC2OC(n3nnc4c(N)ncnc43)C(O)C2O)C(O)C1O. The van der Waals surface area contributed by atoms with Crippen LogP contribution < -0.4 is 5.73 Å². The summed E-state index contributed by atoms with van der Waals surface area (Å²) >= 11 is 0. The topological polar surface area (TPSA) is 284 Å². The summed E-state index contributed by atoms with van der Waals surface area (Å²) in [6.45, 7) is -0.177. The lowest BCUT2D eigenvalue weighted by molar-refractivity contribution is -0.0569. The molecule has 21 heteroatoms. The van der Waals surface area contributed by atoms with Gasteiger partial charge in [-0.2, -0.15) is 8.99 Å². The van der Waals surface area contributed by atoms with Crippen LogP contribution in [0.15, 0.2) is 6.33 Å². The number of aliphatic hydroxyl groups is 4. The summed E-state index contributed by atoms with van der Waals surface area (Å²) in [6.07, 6.45) is -9.59. The molecule has 4 rings (SSSR count). The van der Waals surface area contributed by atoms with Crippen LogP contribution in [-0.2, 0) is 32.0 Å². The Balaban J connectivity index is 1.34. The first kappa shape index (κ1) is 27.3. The number of nitrogens with two attached hydrogens (primary N) is 1. The van der Waals surface area contributed by atoms with Crippen molar-refractivity contribution in [2.45, 2.75) is 55.9 Å². The number of fused-ring (bicyclic) bond motifs is 1. The van der Waals surface area contributed by atoms with Gasteiger partial charge in [-0.05, 0) is 6.92 Å². The lowest BCUT2D eigenvalue weighted by Gasteiger charge is -2.20. The molecule has 2 saturated heterocycles. The highest BCUT2D eigenvalue weighted by molar-refractivity contribution is 7.61. The Bertz CT molecular complexity index is 1190. The van der Waals surface area contributed by atoms with Gasteiger partial charge in [0, 0.05) is 0 Å². The molecular weight excluding hydrogens is 534 g/mol. The summed E-state index contributed by atoms with van der Waals surface area (Å²) in [5.74, 6) is 0.00730. The van der Waals surface area contributed by atoms with Gasteiger partial charge in [0.15, 0.2) is 23.2 Å². The van der Waals surface area contributed by atoms with E-state index in [1.807, 2.05) is 0 Å². The molecule has 10 atom stereocenters. The molecule has 0 aliphatic carbocycles. The monoisotopic (exact) mass is 558 g/mol. The molecule has 8 N–H and O–H groups in total. The molecule has 0 bridgehead atoms. The van der Waals surface area contributed by atoms with Gasteiger partial charge in [0.05, 0.1) is 19.3 Å². The maximum Gasteiger partial charge on any atom is 0.481 e. The molecule has 2 aliphatic rings. The fourth-order valence-electron chi connectivity index (χ4n) is 3.61. The number of phosphoric ester groups is 2. The molecule has 2 aromatic rings. The lowest BCUT2D eigenvalue weighted by Crippen LogP contribution is -2.34. The predicted octanol–water partition coefficient (Wildman–Crippen LogP) is -2.82. The minimum absolute atomic E-state index is 0.00730. The molecule has 0 spiro atoms. The standard InChI is InChI=1S/C15H24N6O13P2/c1-5-9(22)10(23)6(32-5)2-30-35(26,27)34-36(28,29)31-3-7-11(24)12(25)15(33-7)21-14-8(19-20-21)13(16)17-4-18-14/h4-7,9-12,15,22-25H,2-3H2,1H3,(H,26,27)(H,28,29)(H2,16,17,18). The number of nitrogens with zero attached hydrogens (tertiary/aromatic N) is 5. The molecule has 202 valence electrons.